The molecule has 0 aliphatic carbocycles. The second-order valence-corrected chi connectivity index (χ2v) is 5.75. The quantitative estimate of drug-likeness (QED) is 0.482. The van der Waals surface area contributed by atoms with Gasteiger partial charge in [0.05, 0.1) is 5.69 Å². The van der Waals surface area contributed by atoms with Crippen LogP contribution in [0.3, 0.4) is 0 Å². The summed E-state index contributed by atoms with van der Waals surface area (Å²) in [6, 6.07) is 9.12. The number of hydrogen-bond acceptors (Lipinski definition) is 5. The minimum atomic E-state index is -0.448. The van der Waals surface area contributed by atoms with Crippen molar-refractivity contribution in [1.29, 1.82) is 0 Å². The molecule has 1 aromatic carbocycles. The van der Waals surface area contributed by atoms with Gasteiger partial charge in [-0.1, -0.05) is 18.2 Å². The van der Waals surface area contributed by atoms with Crippen molar-refractivity contribution in [2.45, 2.75) is 6.42 Å². The number of aliphatic imine (C=N–C) groups is 1. The third-order valence-corrected chi connectivity index (χ3v) is 3.53. The molecule has 7 heteroatoms. The minimum Gasteiger partial charge on any atom is -0.494 e. The molecule has 0 radical (unpaired) electrons. The summed E-state index contributed by atoms with van der Waals surface area (Å²) in [7, 11) is 3.98. The van der Waals surface area contributed by atoms with Gasteiger partial charge in [-0.3, -0.25) is 19.3 Å². The highest BCUT2D eigenvalue weighted by molar-refractivity contribution is 7.71. The second-order valence-electron chi connectivity index (χ2n) is 5.36. The summed E-state index contributed by atoms with van der Waals surface area (Å²) in [4.78, 5) is 20.9. The monoisotopic (exact) mass is 332 g/mol. The molecule has 0 saturated carbocycles. The molecule has 6 nitrogen and oxygen atoms in total. The van der Waals surface area contributed by atoms with Gasteiger partial charge in [-0.25, -0.2) is 0 Å². The number of aromatic hydroxyl groups is 1. The lowest BCUT2D eigenvalue weighted by atomic mass is 10.3. The van der Waals surface area contributed by atoms with E-state index in [1.165, 1.54) is 10.8 Å². The Labute approximate surface area is 139 Å². The highest BCUT2D eigenvalue weighted by atomic mass is 32.1. The summed E-state index contributed by atoms with van der Waals surface area (Å²) < 4.78 is 1.56. The molecule has 1 aromatic heterocycles. The average molecular weight is 332 g/mol. The van der Waals surface area contributed by atoms with Gasteiger partial charge in [-0.15, -0.1) is 0 Å². The molecule has 2 aromatic rings. The van der Waals surface area contributed by atoms with Crippen LogP contribution in [0.4, 0.5) is 0 Å². The van der Waals surface area contributed by atoms with Crippen LogP contribution in [0.2, 0.25) is 0 Å². The van der Waals surface area contributed by atoms with Crippen LogP contribution in [0.1, 0.15) is 12.0 Å². The van der Waals surface area contributed by atoms with Gasteiger partial charge in [0.15, 0.2) is 4.77 Å². The predicted molar refractivity (Wildman–Crippen MR) is 94.5 cm³/mol. The highest BCUT2D eigenvalue weighted by Crippen LogP contribution is 2.18. The van der Waals surface area contributed by atoms with Gasteiger partial charge in [0, 0.05) is 12.8 Å². The van der Waals surface area contributed by atoms with Gasteiger partial charge in [0.1, 0.15) is 5.56 Å². The first-order valence-electron chi connectivity index (χ1n) is 7.29. The summed E-state index contributed by atoms with van der Waals surface area (Å²) in [6.45, 7) is 1.49. The van der Waals surface area contributed by atoms with Crippen LogP contribution in [0, 0.1) is 4.77 Å². The standard InChI is InChI=1S/C16H20N4O2S/c1-19(2)10-6-9-17-11-13-14(21)18-16(23)20(15(13)22)12-7-4-3-5-8-12/h3-5,7-8,11,22H,6,9-10H2,1-2H3,(H,18,21,23). The van der Waals surface area contributed by atoms with Crippen LogP contribution in [0.15, 0.2) is 40.1 Å². The Kier molecular flexibility index (Phi) is 5.84. The summed E-state index contributed by atoms with van der Waals surface area (Å²) in [5.74, 6) is -0.207. The number of para-hydroxylation sites is 1. The van der Waals surface area contributed by atoms with Crippen LogP contribution in [-0.4, -0.2) is 53.0 Å². The van der Waals surface area contributed by atoms with E-state index >= 15 is 0 Å². The average Bonchev–Trinajstić information content (AvgIpc) is 2.50. The Hall–Kier alpha value is -2.25. The molecule has 0 unspecified atom stereocenters. The Morgan fingerprint density at radius 2 is 2.04 bits per heavy atom. The number of benzene rings is 1. The number of aromatic nitrogens is 2. The van der Waals surface area contributed by atoms with Gasteiger partial charge >= 0.3 is 0 Å². The molecular weight excluding hydrogens is 312 g/mol. The molecule has 2 rings (SSSR count). The molecule has 0 bridgehead atoms. The van der Waals surface area contributed by atoms with Gasteiger partial charge in [0.2, 0.25) is 5.88 Å². The molecule has 0 spiro atoms. The van der Waals surface area contributed by atoms with Gasteiger partial charge < -0.3 is 10.0 Å². The maximum absolute atomic E-state index is 12.0. The first kappa shape index (κ1) is 17.1. The Balaban J connectivity index is 2.33. The van der Waals surface area contributed by atoms with E-state index in [-0.39, 0.29) is 16.2 Å². The van der Waals surface area contributed by atoms with Crippen LogP contribution < -0.4 is 5.56 Å². The number of hydrogen-bond donors (Lipinski definition) is 2. The van der Waals surface area contributed by atoms with E-state index in [0.717, 1.165) is 13.0 Å². The summed E-state index contributed by atoms with van der Waals surface area (Å²) in [5.41, 5.74) is 0.330. The lowest BCUT2D eigenvalue weighted by molar-refractivity contribution is 0.403. The number of nitrogens with zero attached hydrogens (tertiary/aromatic N) is 3. The molecule has 2 N–H and O–H groups in total. The van der Waals surface area contributed by atoms with E-state index in [1.54, 1.807) is 12.1 Å². The van der Waals surface area contributed by atoms with Crippen molar-refractivity contribution in [1.82, 2.24) is 14.5 Å². The minimum absolute atomic E-state index is 0.104. The summed E-state index contributed by atoms with van der Waals surface area (Å²) in [6.07, 6.45) is 2.28. The summed E-state index contributed by atoms with van der Waals surface area (Å²) in [5, 5.41) is 10.4. The molecule has 0 fully saturated rings. The zero-order chi connectivity index (χ0) is 16.8. The highest BCUT2D eigenvalue weighted by Gasteiger charge is 2.11. The molecule has 0 aliphatic heterocycles. The topological polar surface area (TPSA) is 73.6 Å². The zero-order valence-corrected chi connectivity index (χ0v) is 14.0. The van der Waals surface area contributed by atoms with Gasteiger partial charge in [0.25, 0.3) is 5.56 Å². The third kappa shape index (κ3) is 4.37. The molecule has 0 saturated heterocycles. The smallest absolute Gasteiger partial charge is 0.264 e. The van der Waals surface area contributed by atoms with Crippen molar-refractivity contribution in [2.24, 2.45) is 4.99 Å². The van der Waals surface area contributed by atoms with E-state index in [2.05, 4.69) is 14.9 Å². The fourth-order valence-corrected chi connectivity index (χ4v) is 2.39. The maximum atomic E-state index is 12.0. The molecular formula is C16H20N4O2S. The largest absolute Gasteiger partial charge is 0.494 e. The number of H-pyrrole nitrogens is 1. The number of nitrogens with one attached hydrogen (secondary N) is 1. The van der Waals surface area contributed by atoms with Gasteiger partial charge in [-0.2, -0.15) is 0 Å². The summed E-state index contributed by atoms with van der Waals surface area (Å²) >= 11 is 5.15. The van der Waals surface area contributed by atoms with Gasteiger partial charge in [-0.05, 0) is 51.4 Å². The van der Waals surface area contributed by atoms with Crippen LogP contribution >= 0.6 is 12.2 Å². The molecule has 0 aliphatic rings. The van der Waals surface area contributed by atoms with Crippen molar-refractivity contribution < 1.29 is 5.11 Å². The Morgan fingerprint density at radius 1 is 1.35 bits per heavy atom. The fraction of sp³-hybridized carbons (Fsp3) is 0.312. The van der Waals surface area contributed by atoms with Crippen molar-refractivity contribution in [3.05, 3.63) is 51.0 Å². The van der Waals surface area contributed by atoms with Crippen molar-refractivity contribution in [2.75, 3.05) is 27.2 Å². The Morgan fingerprint density at radius 3 is 2.70 bits per heavy atom. The van der Waals surface area contributed by atoms with Crippen LogP contribution in [0.25, 0.3) is 5.69 Å². The number of aromatic amines is 1. The fourth-order valence-electron chi connectivity index (χ4n) is 2.11. The van der Waals surface area contributed by atoms with Crippen molar-refractivity contribution in [3.8, 4) is 11.6 Å². The normalized spacial score (nSPS) is 11.4. The Bertz CT molecular complexity index is 794. The van der Waals surface area contributed by atoms with E-state index in [9.17, 15) is 9.90 Å². The van der Waals surface area contributed by atoms with Crippen LogP contribution in [0.5, 0.6) is 5.88 Å². The van der Waals surface area contributed by atoms with E-state index in [1.807, 2.05) is 32.3 Å². The number of rotatable bonds is 6. The van der Waals surface area contributed by atoms with Crippen molar-refractivity contribution >= 4 is 18.4 Å². The van der Waals surface area contributed by atoms with Crippen molar-refractivity contribution in [3.63, 3.8) is 0 Å². The predicted octanol–water partition coefficient (Wildman–Crippen LogP) is 1.97. The lowest BCUT2D eigenvalue weighted by Crippen LogP contribution is -2.18. The first-order valence-corrected chi connectivity index (χ1v) is 7.70. The molecule has 0 atom stereocenters. The molecule has 122 valence electrons. The first-order chi connectivity index (χ1) is 11.0. The van der Waals surface area contributed by atoms with Crippen LogP contribution in [-0.2, 0) is 0 Å². The maximum Gasteiger partial charge on any atom is 0.264 e. The third-order valence-electron chi connectivity index (χ3n) is 3.25. The van der Waals surface area contributed by atoms with E-state index < -0.39 is 5.56 Å². The lowest BCUT2D eigenvalue weighted by Gasteiger charge is -2.11. The zero-order valence-electron chi connectivity index (χ0n) is 13.2. The molecule has 1 heterocycles. The second kappa shape index (κ2) is 7.85. The molecule has 0 amide bonds. The van der Waals surface area contributed by atoms with E-state index in [4.69, 9.17) is 12.2 Å². The SMILES string of the molecule is CN(C)CCCN=Cc1c(O)n(-c2ccccc2)c(=S)[nH]c1=O. The molecule has 23 heavy (non-hydrogen) atoms. The van der Waals surface area contributed by atoms with E-state index in [0.29, 0.717) is 12.2 Å².